The number of carbonyl (C=O) groups is 1. The molecule has 0 aliphatic heterocycles. The molecule has 1 aromatic heterocycles. The van der Waals surface area contributed by atoms with Gasteiger partial charge < -0.3 is 0 Å². The molecule has 2 rings (SSSR count). The third kappa shape index (κ3) is 3.72. The SMILES string of the molecule is C/C(=N/NC(=O)c1ccccn1)c1cccc(Br)c1. The number of benzene rings is 1. The molecule has 1 aromatic carbocycles. The quantitative estimate of drug-likeness (QED) is 0.699. The van der Waals surface area contributed by atoms with E-state index < -0.39 is 0 Å². The van der Waals surface area contributed by atoms with Crippen LogP contribution in [-0.2, 0) is 0 Å². The van der Waals surface area contributed by atoms with Crippen LogP contribution in [0.3, 0.4) is 0 Å². The van der Waals surface area contributed by atoms with Gasteiger partial charge in [0, 0.05) is 10.7 Å². The number of hydrogen-bond donors (Lipinski definition) is 1. The van der Waals surface area contributed by atoms with Crippen molar-refractivity contribution >= 4 is 27.5 Å². The summed E-state index contributed by atoms with van der Waals surface area (Å²) in [6.07, 6.45) is 1.57. The Kier molecular flexibility index (Phi) is 4.41. The average Bonchev–Trinajstić information content (AvgIpc) is 2.45. The number of pyridine rings is 1. The molecule has 1 heterocycles. The molecule has 0 aliphatic rings. The number of nitrogens with zero attached hydrogens (tertiary/aromatic N) is 2. The van der Waals surface area contributed by atoms with Gasteiger partial charge in [-0.1, -0.05) is 34.1 Å². The Morgan fingerprint density at radius 1 is 1.26 bits per heavy atom. The van der Waals surface area contributed by atoms with Gasteiger partial charge in [0.2, 0.25) is 0 Å². The smallest absolute Gasteiger partial charge is 0.266 e. The van der Waals surface area contributed by atoms with Crippen molar-refractivity contribution in [2.24, 2.45) is 5.10 Å². The largest absolute Gasteiger partial charge is 0.289 e. The highest BCUT2D eigenvalue weighted by Gasteiger charge is 2.05. The first kappa shape index (κ1) is 13.4. The number of halogens is 1. The lowest BCUT2D eigenvalue weighted by Gasteiger charge is -2.03. The van der Waals surface area contributed by atoms with E-state index in [-0.39, 0.29) is 5.91 Å². The van der Waals surface area contributed by atoms with Crippen LogP contribution < -0.4 is 5.43 Å². The first-order valence-electron chi connectivity index (χ1n) is 5.68. The zero-order chi connectivity index (χ0) is 13.7. The Bertz CT molecular complexity index is 611. The molecule has 19 heavy (non-hydrogen) atoms. The summed E-state index contributed by atoms with van der Waals surface area (Å²) >= 11 is 3.39. The van der Waals surface area contributed by atoms with Gasteiger partial charge in [0.15, 0.2) is 0 Å². The van der Waals surface area contributed by atoms with Gasteiger partial charge in [-0.25, -0.2) is 5.43 Å². The molecule has 4 nitrogen and oxygen atoms in total. The molecule has 0 fully saturated rings. The average molecular weight is 318 g/mol. The van der Waals surface area contributed by atoms with E-state index in [1.54, 1.807) is 24.4 Å². The van der Waals surface area contributed by atoms with Crippen LogP contribution in [0.2, 0.25) is 0 Å². The van der Waals surface area contributed by atoms with Crippen molar-refractivity contribution in [3.8, 4) is 0 Å². The molecule has 1 amide bonds. The maximum absolute atomic E-state index is 11.8. The molecule has 0 unspecified atom stereocenters. The number of hydrazone groups is 1. The van der Waals surface area contributed by atoms with E-state index in [1.807, 2.05) is 31.2 Å². The summed E-state index contributed by atoms with van der Waals surface area (Å²) in [4.78, 5) is 15.7. The minimum Gasteiger partial charge on any atom is -0.266 e. The lowest BCUT2D eigenvalue weighted by atomic mass is 10.1. The summed E-state index contributed by atoms with van der Waals surface area (Å²) in [6, 6.07) is 12.9. The zero-order valence-electron chi connectivity index (χ0n) is 10.3. The summed E-state index contributed by atoms with van der Waals surface area (Å²) in [5.41, 5.74) is 4.50. The highest BCUT2D eigenvalue weighted by molar-refractivity contribution is 9.10. The van der Waals surface area contributed by atoms with Crippen LogP contribution in [-0.4, -0.2) is 16.6 Å². The van der Waals surface area contributed by atoms with Crippen molar-refractivity contribution < 1.29 is 4.79 Å². The first-order chi connectivity index (χ1) is 9.16. The van der Waals surface area contributed by atoms with Gasteiger partial charge in [-0.2, -0.15) is 5.10 Å². The lowest BCUT2D eigenvalue weighted by Crippen LogP contribution is -2.20. The van der Waals surface area contributed by atoms with Crippen LogP contribution in [0, 0.1) is 0 Å². The molecule has 0 bridgehead atoms. The maximum atomic E-state index is 11.8. The van der Waals surface area contributed by atoms with Crippen LogP contribution in [0.5, 0.6) is 0 Å². The summed E-state index contributed by atoms with van der Waals surface area (Å²) in [5, 5.41) is 4.07. The van der Waals surface area contributed by atoms with Gasteiger partial charge in [-0.05, 0) is 36.8 Å². The summed E-state index contributed by atoms with van der Waals surface area (Å²) in [5.74, 6) is -0.324. The molecule has 2 aromatic rings. The fourth-order valence-electron chi connectivity index (χ4n) is 1.47. The Hall–Kier alpha value is -2.01. The Labute approximate surface area is 119 Å². The second-order valence-electron chi connectivity index (χ2n) is 3.86. The van der Waals surface area contributed by atoms with Crippen LogP contribution >= 0.6 is 15.9 Å². The molecule has 0 aliphatic carbocycles. The molecule has 1 N–H and O–H groups in total. The molecule has 0 saturated heterocycles. The second kappa shape index (κ2) is 6.24. The lowest BCUT2D eigenvalue weighted by molar-refractivity contribution is 0.0950. The molecule has 0 radical (unpaired) electrons. The number of carbonyl (C=O) groups excluding carboxylic acids is 1. The number of amides is 1. The summed E-state index contributed by atoms with van der Waals surface area (Å²) in [7, 11) is 0. The van der Waals surface area contributed by atoms with Crippen molar-refractivity contribution in [1.29, 1.82) is 0 Å². The molecule has 0 saturated carbocycles. The van der Waals surface area contributed by atoms with Crippen molar-refractivity contribution in [1.82, 2.24) is 10.4 Å². The van der Waals surface area contributed by atoms with Crippen LogP contribution in [0.4, 0.5) is 0 Å². The molecule has 5 heteroatoms. The Morgan fingerprint density at radius 2 is 2.11 bits per heavy atom. The minimum absolute atomic E-state index is 0.324. The van der Waals surface area contributed by atoms with E-state index in [1.165, 1.54) is 0 Å². The molecular formula is C14H12BrN3O. The van der Waals surface area contributed by atoms with Crippen molar-refractivity contribution in [2.75, 3.05) is 0 Å². The Morgan fingerprint density at radius 3 is 2.79 bits per heavy atom. The molecular weight excluding hydrogens is 306 g/mol. The van der Waals surface area contributed by atoms with Gasteiger partial charge in [-0.3, -0.25) is 9.78 Å². The van der Waals surface area contributed by atoms with Gasteiger partial charge in [0.05, 0.1) is 5.71 Å². The van der Waals surface area contributed by atoms with Crippen LogP contribution in [0.1, 0.15) is 23.0 Å². The van der Waals surface area contributed by atoms with Crippen molar-refractivity contribution in [3.63, 3.8) is 0 Å². The van der Waals surface area contributed by atoms with E-state index >= 15 is 0 Å². The van der Waals surface area contributed by atoms with E-state index in [4.69, 9.17) is 0 Å². The topological polar surface area (TPSA) is 54.4 Å². The van der Waals surface area contributed by atoms with Gasteiger partial charge in [0.1, 0.15) is 5.69 Å². The highest BCUT2D eigenvalue weighted by Crippen LogP contribution is 2.12. The normalized spacial score (nSPS) is 11.2. The van der Waals surface area contributed by atoms with Crippen LogP contribution in [0.25, 0.3) is 0 Å². The monoisotopic (exact) mass is 317 g/mol. The fourth-order valence-corrected chi connectivity index (χ4v) is 1.87. The maximum Gasteiger partial charge on any atom is 0.289 e. The van der Waals surface area contributed by atoms with Crippen molar-refractivity contribution in [3.05, 3.63) is 64.4 Å². The zero-order valence-corrected chi connectivity index (χ0v) is 11.9. The predicted molar refractivity (Wildman–Crippen MR) is 78.1 cm³/mol. The first-order valence-corrected chi connectivity index (χ1v) is 6.48. The standard InChI is InChI=1S/C14H12BrN3O/c1-10(11-5-4-6-12(15)9-11)17-18-14(19)13-7-2-3-8-16-13/h2-9H,1H3,(H,18,19)/b17-10-. The summed E-state index contributed by atoms with van der Waals surface area (Å²) < 4.78 is 0.968. The van der Waals surface area contributed by atoms with Crippen molar-refractivity contribution in [2.45, 2.75) is 6.92 Å². The van der Waals surface area contributed by atoms with Gasteiger partial charge in [0.25, 0.3) is 5.91 Å². The predicted octanol–water partition coefficient (Wildman–Crippen LogP) is 3.00. The minimum atomic E-state index is -0.324. The number of aromatic nitrogens is 1. The van der Waals surface area contributed by atoms with E-state index in [0.29, 0.717) is 5.69 Å². The van der Waals surface area contributed by atoms with Gasteiger partial charge >= 0.3 is 0 Å². The Balaban J connectivity index is 2.09. The number of rotatable bonds is 3. The van der Waals surface area contributed by atoms with Gasteiger partial charge in [-0.15, -0.1) is 0 Å². The third-order valence-electron chi connectivity index (χ3n) is 2.47. The number of nitrogens with one attached hydrogen (secondary N) is 1. The number of hydrogen-bond acceptors (Lipinski definition) is 3. The van der Waals surface area contributed by atoms with E-state index in [0.717, 1.165) is 15.7 Å². The molecule has 0 spiro atoms. The van der Waals surface area contributed by atoms with Crippen LogP contribution in [0.15, 0.2) is 58.2 Å². The second-order valence-corrected chi connectivity index (χ2v) is 4.78. The van der Waals surface area contributed by atoms with E-state index in [2.05, 4.69) is 31.4 Å². The molecule has 96 valence electrons. The highest BCUT2D eigenvalue weighted by atomic mass is 79.9. The van der Waals surface area contributed by atoms with E-state index in [9.17, 15) is 4.79 Å². The fraction of sp³-hybridized carbons (Fsp3) is 0.0714. The molecule has 0 atom stereocenters. The summed E-state index contributed by atoms with van der Waals surface area (Å²) in [6.45, 7) is 1.83. The third-order valence-corrected chi connectivity index (χ3v) is 2.96.